The molecule has 5 nitrogen and oxygen atoms in total. The number of carbonyl (C=O) groups is 2. The molecule has 2 atom stereocenters. The standard InChI is InChI=1S/C20H16O5/c1-2-24-19(22)12-9-7-11(8-10-12)15-16-13-5-3-4-6-14(13)17(21)18(16)25-20(15)23/h3-10,17-18,21H,2H2,1H3. The Labute approximate surface area is 144 Å². The van der Waals surface area contributed by atoms with Crippen LogP contribution in [0.15, 0.2) is 48.5 Å². The van der Waals surface area contributed by atoms with Gasteiger partial charge in [0.2, 0.25) is 0 Å². The van der Waals surface area contributed by atoms with Gasteiger partial charge >= 0.3 is 11.9 Å². The zero-order valence-electron chi connectivity index (χ0n) is 13.6. The third kappa shape index (κ3) is 2.36. The third-order valence-corrected chi connectivity index (χ3v) is 4.53. The molecule has 0 fully saturated rings. The molecule has 2 aliphatic rings. The predicted molar refractivity (Wildman–Crippen MR) is 90.5 cm³/mol. The predicted octanol–water partition coefficient (Wildman–Crippen LogP) is 2.75. The Morgan fingerprint density at radius 2 is 1.88 bits per heavy atom. The van der Waals surface area contributed by atoms with Gasteiger partial charge in [-0.05, 0) is 35.7 Å². The Morgan fingerprint density at radius 3 is 2.60 bits per heavy atom. The molecule has 0 spiro atoms. The fraction of sp³-hybridized carbons (Fsp3) is 0.200. The molecule has 0 aromatic heterocycles. The van der Waals surface area contributed by atoms with E-state index >= 15 is 0 Å². The number of hydrogen-bond acceptors (Lipinski definition) is 5. The summed E-state index contributed by atoms with van der Waals surface area (Å²) in [6.45, 7) is 2.05. The van der Waals surface area contributed by atoms with E-state index < -0.39 is 24.1 Å². The zero-order valence-corrected chi connectivity index (χ0v) is 13.6. The summed E-state index contributed by atoms with van der Waals surface area (Å²) in [7, 11) is 0. The maximum absolute atomic E-state index is 12.4. The van der Waals surface area contributed by atoms with Gasteiger partial charge in [0, 0.05) is 5.57 Å². The number of benzene rings is 2. The van der Waals surface area contributed by atoms with Crippen molar-refractivity contribution in [2.45, 2.75) is 19.1 Å². The quantitative estimate of drug-likeness (QED) is 0.873. The third-order valence-electron chi connectivity index (χ3n) is 4.53. The molecular weight excluding hydrogens is 320 g/mol. The molecule has 2 unspecified atom stereocenters. The average Bonchev–Trinajstić information content (AvgIpc) is 3.10. The van der Waals surface area contributed by atoms with Gasteiger partial charge in [-0.2, -0.15) is 0 Å². The highest BCUT2D eigenvalue weighted by Gasteiger charge is 2.46. The first-order valence-corrected chi connectivity index (χ1v) is 8.12. The van der Waals surface area contributed by atoms with E-state index in [-0.39, 0.29) is 0 Å². The maximum atomic E-state index is 12.4. The number of fused-ring (bicyclic) bond motifs is 3. The molecule has 0 saturated heterocycles. The lowest BCUT2D eigenvalue weighted by atomic mass is 9.96. The molecule has 2 aromatic rings. The number of hydrogen-bond donors (Lipinski definition) is 1. The molecule has 25 heavy (non-hydrogen) atoms. The number of esters is 2. The van der Waals surface area contributed by atoms with Crippen LogP contribution >= 0.6 is 0 Å². The van der Waals surface area contributed by atoms with Crippen molar-refractivity contribution >= 4 is 23.1 Å². The van der Waals surface area contributed by atoms with Crippen LogP contribution in [-0.4, -0.2) is 29.8 Å². The van der Waals surface area contributed by atoms with Crippen molar-refractivity contribution in [2.75, 3.05) is 6.61 Å². The van der Waals surface area contributed by atoms with Crippen LogP contribution in [0.3, 0.4) is 0 Å². The van der Waals surface area contributed by atoms with Crippen LogP contribution in [0.1, 0.15) is 40.1 Å². The Kier molecular flexibility index (Phi) is 3.66. The maximum Gasteiger partial charge on any atom is 0.339 e. The van der Waals surface area contributed by atoms with Crippen LogP contribution in [-0.2, 0) is 14.3 Å². The Hall–Kier alpha value is -2.92. The minimum Gasteiger partial charge on any atom is -0.462 e. The minimum absolute atomic E-state index is 0.304. The number of aliphatic hydroxyl groups excluding tert-OH is 1. The van der Waals surface area contributed by atoms with E-state index in [2.05, 4.69) is 0 Å². The Bertz CT molecular complexity index is 895. The lowest BCUT2D eigenvalue weighted by Crippen LogP contribution is -2.15. The molecule has 0 bridgehead atoms. The van der Waals surface area contributed by atoms with Gasteiger partial charge in [-0.1, -0.05) is 36.4 Å². The molecule has 4 rings (SSSR count). The topological polar surface area (TPSA) is 72.8 Å². The van der Waals surface area contributed by atoms with Gasteiger partial charge in [0.1, 0.15) is 6.10 Å². The van der Waals surface area contributed by atoms with Gasteiger partial charge in [-0.15, -0.1) is 0 Å². The van der Waals surface area contributed by atoms with Crippen LogP contribution < -0.4 is 0 Å². The highest BCUT2D eigenvalue weighted by Crippen LogP contribution is 2.49. The fourth-order valence-electron chi connectivity index (χ4n) is 3.42. The van der Waals surface area contributed by atoms with Gasteiger partial charge in [0.25, 0.3) is 0 Å². The second-order valence-electron chi connectivity index (χ2n) is 5.94. The Morgan fingerprint density at radius 1 is 1.16 bits per heavy atom. The summed E-state index contributed by atoms with van der Waals surface area (Å²) in [5.74, 6) is -0.863. The molecule has 1 heterocycles. The second kappa shape index (κ2) is 5.86. The molecule has 0 saturated carbocycles. The van der Waals surface area contributed by atoms with Crippen molar-refractivity contribution in [3.8, 4) is 0 Å². The first-order chi connectivity index (χ1) is 12.1. The van der Waals surface area contributed by atoms with Gasteiger partial charge in [-0.3, -0.25) is 0 Å². The molecule has 1 aliphatic carbocycles. The second-order valence-corrected chi connectivity index (χ2v) is 5.94. The summed E-state index contributed by atoms with van der Waals surface area (Å²) in [4.78, 5) is 24.2. The zero-order chi connectivity index (χ0) is 17.6. The summed E-state index contributed by atoms with van der Waals surface area (Å²) in [6, 6.07) is 14.1. The van der Waals surface area contributed by atoms with Crippen molar-refractivity contribution < 1.29 is 24.2 Å². The van der Waals surface area contributed by atoms with Crippen molar-refractivity contribution in [3.63, 3.8) is 0 Å². The molecular formula is C20H16O5. The normalized spacial score (nSPS) is 21.0. The van der Waals surface area contributed by atoms with E-state index in [4.69, 9.17) is 9.47 Å². The molecule has 1 N–H and O–H groups in total. The highest BCUT2D eigenvalue weighted by molar-refractivity contribution is 6.28. The fourth-order valence-corrected chi connectivity index (χ4v) is 3.42. The largest absolute Gasteiger partial charge is 0.462 e. The number of carbonyl (C=O) groups excluding carboxylic acids is 2. The SMILES string of the molecule is CCOC(=O)c1ccc(C2=C3c4ccccc4C(O)C3OC2=O)cc1. The van der Waals surface area contributed by atoms with Crippen LogP contribution in [0.5, 0.6) is 0 Å². The van der Waals surface area contributed by atoms with Crippen molar-refractivity contribution in [3.05, 3.63) is 70.8 Å². The lowest BCUT2D eigenvalue weighted by molar-refractivity contribution is -0.141. The molecule has 126 valence electrons. The van der Waals surface area contributed by atoms with Crippen LogP contribution in [0.4, 0.5) is 0 Å². The van der Waals surface area contributed by atoms with Crippen LogP contribution in [0.2, 0.25) is 0 Å². The lowest BCUT2D eigenvalue weighted by Gasteiger charge is -2.11. The van der Waals surface area contributed by atoms with Crippen LogP contribution in [0, 0.1) is 0 Å². The summed E-state index contributed by atoms with van der Waals surface area (Å²) in [6.07, 6.45) is -1.53. The van der Waals surface area contributed by atoms with E-state index in [1.807, 2.05) is 24.3 Å². The highest BCUT2D eigenvalue weighted by atomic mass is 16.6. The van der Waals surface area contributed by atoms with Gasteiger partial charge < -0.3 is 14.6 Å². The van der Waals surface area contributed by atoms with E-state index in [0.29, 0.717) is 28.9 Å². The van der Waals surface area contributed by atoms with Gasteiger partial charge in [0.05, 0.1) is 17.7 Å². The average molecular weight is 336 g/mol. The number of aliphatic hydroxyl groups is 1. The van der Waals surface area contributed by atoms with Crippen molar-refractivity contribution in [2.24, 2.45) is 0 Å². The van der Waals surface area contributed by atoms with Crippen molar-refractivity contribution in [1.29, 1.82) is 0 Å². The van der Waals surface area contributed by atoms with E-state index in [0.717, 1.165) is 11.1 Å². The van der Waals surface area contributed by atoms with Crippen LogP contribution in [0.25, 0.3) is 11.1 Å². The summed E-state index contributed by atoms with van der Waals surface area (Å²) in [5.41, 5.74) is 3.80. The first kappa shape index (κ1) is 15.6. The van der Waals surface area contributed by atoms with Crippen molar-refractivity contribution in [1.82, 2.24) is 0 Å². The monoisotopic (exact) mass is 336 g/mol. The van der Waals surface area contributed by atoms with E-state index in [9.17, 15) is 14.7 Å². The molecule has 0 amide bonds. The smallest absolute Gasteiger partial charge is 0.339 e. The van der Waals surface area contributed by atoms with Gasteiger partial charge in [-0.25, -0.2) is 9.59 Å². The molecule has 1 aliphatic heterocycles. The Balaban J connectivity index is 1.79. The molecule has 2 aromatic carbocycles. The summed E-state index contributed by atoms with van der Waals surface area (Å²) in [5, 5.41) is 10.4. The number of rotatable bonds is 3. The summed E-state index contributed by atoms with van der Waals surface area (Å²) < 4.78 is 10.4. The number of ether oxygens (including phenoxy) is 2. The van der Waals surface area contributed by atoms with E-state index in [1.165, 1.54) is 0 Å². The molecule has 5 heteroatoms. The first-order valence-electron chi connectivity index (χ1n) is 8.12. The molecule has 0 radical (unpaired) electrons. The van der Waals surface area contributed by atoms with E-state index in [1.54, 1.807) is 31.2 Å². The minimum atomic E-state index is -0.855. The van der Waals surface area contributed by atoms with Gasteiger partial charge in [0.15, 0.2) is 6.10 Å². The summed E-state index contributed by atoms with van der Waals surface area (Å²) >= 11 is 0.